The van der Waals surface area contributed by atoms with E-state index < -0.39 is 0 Å². The molecule has 0 aromatic carbocycles. The molecule has 4 nitrogen and oxygen atoms in total. The molecular weight excluding hydrogens is 290 g/mol. The van der Waals surface area contributed by atoms with Crippen LogP contribution in [0.2, 0.25) is 0 Å². The number of carbonyl (C=O) groups is 1. The normalized spacial score (nSPS) is 18.6. The summed E-state index contributed by atoms with van der Waals surface area (Å²) in [4.78, 5) is 18.1. The van der Waals surface area contributed by atoms with Crippen molar-refractivity contribution in [1.82, 2.24) is 9.80 Å². The minimum absolute atomic E-state index is 0.131. The van der Waals surface area contributed by atoms with E-state index in [-0.39, 0.29) is 5.91 Å². The summed E-state index contributed by atoms with van der Waals surface area (Å²) in [6.07, 6.45) is 1.63. The van der Waals surface area contributed by atoms with Gasteiger partial charge >= 0.3 is 0 Å². The number of fused-ring (bicyclic) bond motifs is 1. The number of thiophene rings is 1. The molecule has 1 unspecified atom stereocenters. The van der Waals surface area contributed by atoms with E-state index in [4.69, 9.17) is 18.0 Å². The molecule has 2 heterocycles. The highest BCUT2D eigenvalue weighted by atomic mass is 32.1. The van der Waals surface area contributed by atoms with Gasteiger partial charge in [0.25, 0.3) is 0 Å². The van der Waals surface area contributed by atoms with E-state index in [0.29, 0.717) is 30.5 Å². The molecule has 0 bridgehead atoms. The highest BCUT2D eigenvalue weighted by molar-refractivity contribution is 7.80. The Morgan fingerprint density at radius 3 is 3.10 bits per heavy atom. The van der Waals surface area contributed by atoms with Crippen molar-refractivity contribution in [2.24, 2.45) is 5.73 Å². The van der Waals surface area contributed by atoms with Crippen LogP contribution in [0, 0.1) is 0 Å². The minimum atomic E-state index is 0.131. The number of nitrogens with zero attached hydrogens (tertiary/aromatic N) is 2. The van der Waals surface area contributed by atoms with Gasteiger partial charge in [-0.05, 0) is 30.4 Å². The maximum absolute atomic E-state index is 12.2. The van der Waals surface area contributed by atoms with Crippen molar-refractivity contribution in [2.75, 3.05) is 26.7 Å². The lowest BCUT2D eigenvalue weighted by Gasteiger charge is -2.34. The van der Waals surface area contributed by atoms with Gasteiger partial charge in [-0.25, -0.2) is 0 Å². The standard InChI is InChI=1S/C14H21N3OS2/c1-10-11-5-8-20-12(11)3-7-17(10)9-14(18)16(2)6-4-13(15)19/h5,8,10H,3-4,6-7,9H2,1-2H3,(H2,15,19). The zero-order valence-corrected chi connectivity index (χ0v) is 13.6. The molecule has 2 N–H and O–H groups in total. The largest absolute Gasteiger partial charge is 0.393 e. The lowest BCUT2D eigenvalue weighted by Crippen LogP contribution is -2.42. The topological polar surface area (TPSA) is 49.6 Å². The van der Waals surface area contributed by atoms with Crippen LogP contribution in [0.25, 0.3) is 0 Å². The minimum Gasteiger partial charge on any atom is -0.393 e. The average Bonchev–Trinajstić information content (AvgIpc) is 2.88. The second-order valence-corrected chi connectivity index (χ2v) is 6.75. The van der Waals surface area contributed by atoms with E-state index in [2.05, 4.69) is 23.3 Å². The smallest absolute Gasteiger partial charge is 0.236 e. The molecule has 2 rings (SSSR count). The third-order valence-electron chi connectivity index (χ3n) is 3.86. The summed E-state index contributed by atoms with van der Waals surface area (Å²) < 4.78 is 0. The van der Waals surface area contributed by atoms with E-state index in [1.54, 1.807) is 4.90 Å². The van der Waals surface area contributed by atoms with Gasteiger partial charge in [0.15, 0.2) is 0 Å². The van der Waals surface area contributed by atoms with Crippen molar-refractivity contribution in [2.45, 2.75) is 25.8 Å². The van der Waals surface area contributed by atoms with Crippen molar-refractivity contribution < 1.29 is 4.79 Å². The van der Waals surface area contributed by atoms with Crippen LogP contribution in [0.3, 0.4) is 0 Å². The first-order valence-corrected chi connectivity index (χ1v) is 8.10. The molecule has 0 aliphatic carbocycles. The summed E-state index contributed by atoms with van der Waals surface area (Å²) in [6, 6.07) is 2.50. The molecular formula is C14H21N3OS2. The molecule has 1 aromatic heterocycles. The molecule has 1 aromatic rings. The first-order valence-electron chi connectivity index (χ1n) is 6.81. The van der Waals surface area contributed by atoms with Gasteiger partial charge in [-0.15, -0.1) is 11.3 Å². The number of carbonyl (C=O) groups excluding carboxylic acids is 1. The second kappa shape index (κ2) is 6.65. The molecule has 0 spiro atoms. The fourth-order valence-corrected chi connectivity index (χ4v) is 3.53. The number of hydrogen-bond acceptors (Lipinski definition) is 4. The van der Waals surface area contributed by atoms with Crippen molar-refractivity contribution in [3.63, 3.8) is 0 Å². The Bertz CT molecular complexity index is 500. The Labute approximate surface area is 129 Å². The molecule has 1 aliphatic heterocycles. The van der Waals surface area contributed by atoms with Gasteiger partial charge in [-0.1, -0.05) is 12.2 Å². The Hall–Kier alpha value is -0.980. The molecule has 6 heteroatoms. The number of likely N-dealkylation sites (N-methyl/N-ethyl adjacent to an activating group) is 1. The van der Waals surface area contributed by atoms with Gasteiger partial charge in [0.1, 0.15) is 0 Å². The van der Waals surface area contributed by atoms with Crippen LogP contribution >= 0.6 is 23.6 Å². The number of nitrogens with two attached hydrogens (primary N) is 1. The maximum atomic E-state index is 12.2. The molecule has 1 atom stereocenters. The molecule has 20 heavy (non-hydrogen) atoms. The van der Waals surface area contributed by atoms with Crippen LogP contribution in [0.4, 0.5) is 0 Å². The van der Waals surface area contributed by atoms with Crippen molar-refractivity contribution in [3.8, 4) is 0 Å². The van der Waals surface area contributed by atoms with Crippen molar-refractivity contribution >= 4 is 34.5 Å². The lowest BCUT2D eigenvalue weighted by molar-refractivity contribution is -0.131. The van der Waals surface area contributed by atoms with E-state index >= 15 is 0 Å². The number of amides is 1. The summed E-state index contributed by atoms with van der Waals surface area (Å²) in [5.41, 5.74) is 6.85. The van der Waals surface area contributed by atoms with Crippen LogP contribution in [-0.2, 0) is 11.2 Å². The van der Waals surface area contributed by atoms with Gasteiger partial charge in [0, 0.05) is 37.5 Å². The quantitative estimate of drug-likeness (QED) is 0.843. The van der Waals surface area contributed by atoms with E-state index in [9.17, 15) is 4.79 Å². The average molecular weight is 311 g/mol. The molecule has 1 aliphatic rings. The van der Waals surface area contributed by atoms with Crippen LogP contribution in [-0.4, -0.2) is 47.4 Å². The summed E-state index contributed by atoms with van der Waals surface area (Å²) >= 11 is 6.66. The van der Waals surface area contributed by atoms with Crippen LogP contribution in [0.15, 0.2) is 11.4 Å². The molecule has 1 amide bonds. The van der Waals surface area contributed by atoms with Gasteiger partial charge in [-0.2, -0.15) is 0 Å². The van der Waals surface area contributed by atoms with Crippen LogP contribution in [0.1, 0.15) is 29.8 Å². The van der Waals surface area contributed by atoms with E-state index in [1.807, 2.05) is 18.4 Å². The fraction of sp³-hybridized carbons (Fsp3) is 0.571. The van der Waals surface area contributed by atoms with Crippen molar-refractivity contribution in [1.29, 1.82) is 0 Å². The Morgan fingerprint density at radius 2 is 2.40 bits per heavy atom. The number of rotatable bonds is 5. The van der Waals surface area contributed by atoms with E-state index in [0.717, 1.165) is 13.0 Å². The highest BCUT2D eigenvalue weighted by Crippen LogP contribution is 2.32. The Balaban J connectivity index is 1.90. The number of hydrogen-bond donors (Lipinski definition) is 1. The second-order valence-electron chi connectivity index (χ2n) is 5.23. The summed E-state index contributed by atoms with van der Waals surface area (Å²) in [7, 11) is 1.81. The lowest BCUT2D eigenvalue weighted by atomic mass is 10.0. The Morgan fingerprint density at radius 1 is 1.65 bits per heavy atom. The zero-order valence-electron chi connectivity index (χ0n) is 12.0. The number of thiocarbonyl (C=S) groups is 1. The predicted molar refractivity (Wildman–Crippen MR) is 87.1 cm³/mol. The summed E-state index contributed by atoms with van der Waals surface area (Å²) in [6.45, 7) is 4.18. The SMILES string of the molecule is CC1c2ccsc2CCN1CC(=O)N(C)CCC(N)=S. The van der Waals surface area contributed by atoms with Gasteiger partial charge in [-0.3, -0.25) is 9.69 Å². The summed E-state index contributed by atoms with van der Waals surface area (Å²) in [5, 5.41) is 2.14. The van der Waals surface area contributed by atoms with Crippen LogP contribution < -0.4 is 5.73 Å². The van der Waals surface area contributed by atoms with Gasteiger partial charge in [0.05, 0.1) is 11.5 Å². The third-order valence-corrected chi connectivity index (χ3v) is 5.06. The molecule has 0 radical (unpaired) electrons. The fourth-order valence-electron chi connectivity index (χ4n) is 2.47. The molecule has 0 saturated heterocycles. The highest BCUT2D eigenvalue weighted by Gasteiger charge is 2.26. The summed E-state index contributed by atoms with van der Waals surface area (Å²) in [5.74, 6) is 0.131. The molecule has 110 valence electrons. The molecule has 0 saturated carbocycles. The zero-order chi connectivity index (χ0) is 14.7. The molecule has 0 fully saturated rings. The van der Waals surface area contributed by atoms with Crippen LogP contribution in [0.5, 0.6) is 0 Å². The third kappa shape index (κ3) is 3.56. The first-order chi connectivity index (χ1) is 9.49. The maximum Gasteiger partial charge on any atom is 0.236 e. The van der Waals surface area contributed by atoms with E-state index in [1.165, 1.54) is 10.4 Å². The Kier molecular flexibility index (Phi) is 5.12. The predicted octanol–water partition coefficient (Wildman–Crippen LogP) is 1.80. The first kappa shape index (κ1) is 15.4. The monoisotopic (exact) mass is 311 g/mol. The van der Waals surface area contributed by atoms with Gasteiger partial charge < -0.3 is 10.6 Å². The van der Waals surface area contributed by atoms with Crippen molar-refractivity contribution in [3.05, 3.63) is 21.9 Å². The van der Waals surface area contributed by atoms with Gasteiger partial charge in [0.2, 0.25) is 5.91 Å².